The first-order chi connectivity index (χ1) is 5.72. The van der Waals surface area contributed by atoms with E-state index in [4.69, 9.17) is 0 Å². The average molecular weight is 166 g/mol. The van der Waals surface area contributed by atoms with Crippen molar-refractivity contribution in [3.05, 3.63) is 35.4 Å². The second-order valence-electron chi connectivity index (χ2n) is 3.55. The fraction of sp³-hybridized carbons (Fsp3) is 0.455. The van der Waals surface area contributed by atoms with Gasteiger partial charge in [-0.15, -0.1) is 0 Å². The van der Waals surface area contributed by atoms with Gasteiger partial charge < -0.3 is 0 Å². The summed E-state index contributed by atoms with van der Waals surface area (Å²) in [6.07, 6.45) is 1.08. The van der Waals surface area contributed by atoms with Crippen LogP contribution >= 0.6 is 0 Å². The van der Waals surface area contributed by atoms with Gasteiger partial charge in [0.15, 0.2) is 0 Å². The molecule has 0 bridgehead atoms. The lowest BCUT2D eigenvalue weighted by atomic mass is 10.0. The minimum atomic E-state index is -0.359. The van der Waals surface area contributed by atoms with E-state index in [0.29, 0.717) is 5.92 Å². The third-order valence-electron chi connectivity index (χ3n) is 1.82. The Bertz CT molecular complexity index is 223. The fourth-order valence-corrected chi connectivity index (χ4v) is 1.24. The van der Waals surface area contributed by atoms with Crippen molar-refractivity contribution in [2.75, 3.05) is 0 Å². The van der Waals surface area contributed by atoms with Crippen LogP contribution < -0.4 is 0 Å². The average Bonchev–Trinajstić information content (AvgIpc) is 2.05. The molecule has 0 aromatic heterocycles. The van der Waals surface area contributed by atoms with Crippen molar-refractivity contribution in [2.24, 2.45) is 5.92 Å². The van der Waals surface area contributed by atoms with Gasteiger partial charge in [0.2, 0.25) is 0 Å². The van der Waals surface area contributed by atoms with Gasteiger partial charge in [-0.2, -0.15) is 0 Å². The predicted molar refractivity (Wildman–Crippen MR) is 49.8 cm³/mol. The normalized spacial score (nSPS) is 10.7. The van der Waals surface area contributed by atoms with E-state index in [9.17, 15) is 4.39 Å². The summed E-state index contributed by atoms with van der Waals surface area (Å²) in [5.74, 6) is 0.668. The Hall–Kier alpha value is -0.850. The summed E-state index contributed by atoms with van der Waals surface area (Å²) in [5, 5.41) is 0. The Morgan fingerprint density at radius 1 is 1.08 bits per heavy atom. The molecule has 0 amide bonds. The number of hydrogen-bond donors (Lipinski definition) is 0. The lowest BCUT2D eigenvalue weighted by molar-refractivity contribution is 0.485. The fourth-order valence-electron chi connectivity index (χ4n) is 1.24. The van der Waals surface area contributed by atoms with Crippen LogP contribution in [-0.2, 0) is 13.1 Å². The summed E-state index contributed by atoms with van der Waals surface area (Å²) in [6, 6.07) is 7.74. The Morgan fingerprint density at radius 3 is 2.00 bits per heavy atom. The van der Waals surface area contributed by atoms with E-state index in [1.165, 1.54) is 5.56 Å². The first-order valence-electron chi connectivity index (χ1n) is 4.36. The zero-order chi connectivity index (χ0) is 8.97. The summed E-state index contributed by atoms with van der Waals surface area (Å²) in [7, 11) is 0. The van der Waals surface area contributed by atoms with Gasteiger partial charge >= 0.3 is 0 Å². The molecule has 0 N–H and O–H groups in total. The Balaban J connectivity index is 2.65. The molecule has 0 heterocycles. The number of benzene rings is 1. The maximum absolute atomic E-state index is 12.1. The first-order valence-corrected chi connectivity index (χ1v) is 4.36. The Labute approximate surface area is 73.4 Å². The molecule has 1 aromatic carbocycles. The standard InChI is InChI=1S/C11H15F/c1-9(2)7-10-3-5-11(8-12)6-4-10/h3-6,9H,7-8H2,1-2H3. The molecule has 0 fully saturated rings. The second-order valence-corrected chi connectivity index (χ2v) is 3.55. The van der Waals surface area contributed by atoms with E-state index in [-0.39, 0.29) is 6.67 Å². The van der Waals surface area contributed by atoms with Gasteiger partial charge in [-0.25, -0.2) is 4.39 Å². The van der Waals surface area contributed by atoms with E-state index in [2.05, 4.69) is 13.8 Å². The Kier molecular flexibility index (Phi) is 3.27. The molecule has 1 rings (SSSR count). The van der Waals surface area contributed by atoms with Crippen molar-refractivity contribution in [1.82, 2.24) is 0 Å². The molecule has 0 aliphatic carbocycles. The van der Waals surface area contributed by atoms with Gasteiger partial charge in [-0.3, -0.25) is 0 Å². The van der Waals surface area contributed by atoms with E-state index in [1.807, 2.05) is 24.3 Å². The highest BCUT2D eigenvalue weighted by Crippen LogP contribution is 2.10. The van der Waals surface area contributed by atoms with Crippen LogP contribution in [0.4, 0.5) is 4.39 Å². The molecule has 0 spiro atoms. The van der Waals surface area contributed by atoms with Crippen molar-refractivity contribution in [1.29, 1.82) is 0 Å². The van der Waals surface area contributed by atoms with Gasteiger partial charge in [-0.05, 0) is 23.5 Å². The quantitative estimate of drug-likeness (QED) is 0.646. The van der Waals surface area contributed by atoms with E-state index in [0.717, 1.165) is 12.0 Å². The first kappa shape index (κ1) is 9.24. The molecule has 0 aliphatic rings. The second kappa shape index (κ2) is 4.24. The lowest BCUT2D eigenvalue weighted by Crippen LogP contribution is -1.93. The van der Waals surface area contributed by atoms with E-state index in [1.54, 1.807) is 0 Å². The van der Waals surface area contributed by atoms with Gasteiger partial charge in [0, 0.05) is 0 Å². The van der Waals surface area contributed by atoms with Crippen LogP contribution in [0.5, 0.6) is 0 Å². The molecule has 0 nitrogen and oxygen atoms in total. The van der Waals surface area contributed by atoms with Crippen molar-refractivity contribution >= 4 is 0 Å². The Morgan fingerprint density at radius 2 is 1.58 bits per heavy atom. The summed E-state index contributed by atoms with van der Waals surface area (Å²) in [4.78, 5) is 0. The number of rotatable bonds is 3. The molecule has 0 atom stereocenters. The van der Waals surface area contributed by atoms with Gasteiger partial charge in [0.05, 0.1) is 0 Å². The van der Waals surface area contributed by atoms with E-state index >= 15 is 0 Å². The maximum atomic E-state index is 12.1. The van der Waals surface area contributed by atoms with E-state index < -0.39 is 0 Å². The van der Waals surface area contributed by atoms with Crippen molar-refractivity contribution < 1.29 is 4.39 Å². The van der Waals surface area contributed by atoms with Crippen LogP contribution in [0.1, 0.15) is 25.0 Å². The number of hydrogen-bond acceptors (Lipinski definition) is 0. The minimum Gasteiger partial charge on any atom is -0.246 e. The molecule has 0 radical (unpaired) electrons. The van der Waals surface area contributed by atoms with Crippen LogP contribution in [0.3, 0.4) is 0 Å². The highest BCUT2D eigenvalue weighted by Gasteiger charge is 1.97. The monoisotopic (exact) mass is 166 g/mol. The summed E-state index contributed by atoms with van der Waals surface area (Å²) < 4.78 is 12.1. The molecule has 0 saturated heterocycles. The number of halogens is 1. The van der Waals surface area contributed by atoms with Crippen molar-refractivity contribution in [3.8, 4) is 0 Å². The molecule has 66 valence electrons. The van der Waals surface area contributed by atoms with Gasteiger partial charge in [-0.1, -0.05) is 38.1 Å². The van der Waals surface area contributed by atoms with Crippen molar-refractivity contribution in [3.63, 3.8) is 0 Å². The summed E-state index contributed by atoms with van der Waals surface area (Å²) in [6.45, 7) is 4.01. The predicted octanol–water partition coefficient (Wildman–Crippen LogP) is 3.35. The highest BCUT2D eigenvalue weighted by molar-refractivity contribution is 5.22. The number of alkyl halides is 1. The molecular formula is C11H15F. The van der Waals surface area contributed by atoms with Crippen molar-refractivity contribution in [2.45, 2.75) is 26.9 Å². The van der Waals surface area contributed by atoms with Gasteiger partial charge in [0.1, 0.15) is 6.67 Å². The summed E-state index contributed by atoms with van der Waals surface area (Å²) >= 11 is 0. The molecule has 0 unspecified atom stereocenters. The van der Waals surface area contributed by atoms with Crippen LogP contribution in [0, 0.1) is 5.92 Å². The van der Waals surface area contributed by atoms with Crippen LogP contribution in [0.2, 0.25) is 0 Å². The zero-order valence-electron chi connectivity index (χ0n) is 7.68. The highest BCUT2D eigenvalue weighted by atomic mass is 19.1. The molecule has 0 aliphatic heterocycles. The van der Waals surface area contributed by atoms with Crippen LogP contribution in [0.15, 0.2) is 24.3 Å². The third kappa shape index (κ3) is 2.65. The maximum Gasteiger partial charge on any atom is 0.115 e. The molecule has 0 saturated carbocycles. The molecule has 12 heavy (non-hydrogen) atoms. The van der Waals surface area contributed by atoms with Crippen LogP contribution in [0.25, 0.3) is 0 Å². The van der Waals surface area contributed by atoms with Crippen LogP contribution in [-0.4, -0.2) is 0 Å². The molecule has 1 aromatic rings. The topological polar surface area (TPSA) is 0 Å². The third-order valence-corrected chi connectivity index (χ3v) is 1.82. The summed E-state index contributed by atoms with van der Waals surface area (Å²) in [5.41, 5.74) is 2.06. The smallest absolute Gasteiger partial charge is 0.115 e. The molecular weight excluding hydrogens is 151 g/mol. The molecule has 1 heteroatoms. The lowest BCUT2D eigenvalue weighted by Gasteiger charge is -2.04. The largest absolute Gasteiger partial charge is 0.246 e. The van der Waals surface area contributed by atoms with Gasteiger partial charge in [0.25, 0.3) is 0 Å². The SMILES string of the molecule is CC(C)Cc1ccc(CF)cc1. The zero-order valence-corrected chi connectivity index (χ0v) is 7.68. The minimum absolute atomic E-state index is 0.359.